The fraction of sp³-hybridized carbons (Fsp3) is 0.651. The van der Waals surface area contributed by atoms with E-state index in [1.807, 2.05) is 37.8 Å². The molecule has 0 radical (unpaired) electrons. The molecule has 5 amide bonds. The van der Waals surface area contributed by atoms with Gasteiger partial charge in [-0.3, -0.25) is 58.0 Å². The minimum Gasteiger partial charge on any atom is -0.480 e. The molecule has 0 aromatic heterocycles. The maximum absolute atomic E-state index is 14.5. The summed E-state index contributed by atoms with van der Waals surface area (Å²) in [7, 11) is 0. The summed E-state index contributed by atoms with van der Waals surface area (Å²) < 4.78 is 5.85. The molecule has 2 saturated heterocycles. The van der Waals surface area contributed by atoms with Crippen LogP contribution >= 0.6 is 12.2 Å². The van der Waals surface area contributed by atoms with Crippen LogP contribution in [0.25, 0.3) is 0 Å². The number of benzene rings is 2. The maximum Gasteiger partial charge on any atom is 0.326 e. The van der Waals surface area contributed by atoms with Crippen molar-refractivity contribution in [1.82, 2.24) is 51.1 Å². The van der Waals surface area contributed by atoms with Gasteiger partial charge in [-0.1, -0.05) is 76.6 Å². The zero-order valence-corrected chi connectivity index (χ0v) is 54.6. The molecule has 1 unspecified atom stereocenters. The van der Waals surface area contributed by atoms with E-state index in [9.17, 15) is 68.7 Å². The second-order valence-corrected chi connectivity index (χ2v) is 24.6. The molecule has 0 bridgehead atoms. The van der Waals surface area contributed by atoms with E-state index in [4.69, 9.17) is 28.4 Å². The SMILES string of the molecule is CC[C@H](C)[C@H](NC(=O)[C@H](CC(C)C)NC(=S)Nc1ccc(CCC(OCO)N2CCN(CC(=O)O)CCN(CC(=O)O)CCN(CC(=O)O)CC2)cc1)C(=O)N[C@@H](CCCCN)C(=O)N[C@@H](CCCCN)C(=O)N1CCC[C@H]1C(=O)N[C@@H](Cc1ccccc1)C(=O)O. The first kappa shape index (κ1) is 77.5. The van der Waals surface area contributed by atoms with E-state index < -0.39 is 109 Å². The van der Waals surface area contributed by atoms with Gasteiger partial charge in [0.1, 0.15) is 49.3 Å². The van der Waals surface area contributed by atoms with Crippen molar-refractivity contribution in [2.45, 2.75) is 154 Å². The number of carbonyl (C=O) groups is 9. The summed E-state index contributed by atoms with van der Waals surface area (Å²) in [4.78, 5) is 128. The van der Waals surface area contributed by atoms with Gasteiger partial charge < -0.3 is 78.5 Å². The third kappa shape index (κ3) is 28.1. The van der Waals surface area contributed by atoms with Crippen molar-refractivity contribution in [1.29, 1.82) is 0 Å². The van der Waals surface area contributed by atoms with Crippen LogP contribution in [0.4, 0.5) is 5.69 Å². The van der Waals surface area contributed by atoms with Crippen molar-refractivity contribution in [3.05, 3.63) is 65.7 Å². The molecule has 514 valence electrons. The minimum atomic E-state index is -1.25. The predicted octanol–water partition coefficient (Wildman–Crippen LogP) is 0.650. The number of ether oxygens (including phenoxy) is 1. The lowest BCUT2D eigenvalue weighted by Crippen LogP contribution is -2.60. The van der Waals surface area contributed by atoms with E-state index in [0.717, 1.165) is 5.56 Å². The van der Waals surface area contributed by atoms with Gasteiger partial charge in [-0.25, -0.2) is 4.79 Å². The number of nitrogens with one attached hydrogen (secondary N) is 6. The Labute approximate surface area is 545 Å². The number of hydrogen-bond donors (Lipinski definition) is 13. The van der Waals surface area contributed by atoms with Crippen molar-refractivity contribution in [2.75, 3.05) is 104 Å². The van der Waals surface area contributed by atoms with Gasteiger partial charge >= 0.3 is 23.9 Å². The number of amides is 5. The molecule has 0 spiro atoms. The van der Waals surface area contributed by atoms with E-state index in [0.29, 0.717) is 95.2 Å². The van der Waals surface area contributed by atoms with Gasteiger partial charge in [0.05, 0.1) is 19.6 Å². The number of carboxylic acids is 4. The number of thiocarbonyl (C=S) groups is 1. The summed E-state index contributed by atoms with van der Waals surface area (Å²) in [6.07, 6.45) is 4.02. The van der Waals surface area contributed by atoms with Crippen LogP contribution in [-0.4, -0.2) is 249 Å². The van der Waals surface area contributed by atoms with Crippen molar-refractivity contribution in [2.24, 2.45) is 23.3 Å². The van der Waals surface area contributed by atoms with Crippen LogP contribution in [0.2, 0.25) is 0 Å². The molecule has 92 heavy (non-hydrogen) atoms. The Morgan fingerprint density at radius 3 is 1.65 bits per heavy atom. The highest BCUT2D eigenvalue weighted by molar-refractivity contribution is 7.80. The number of rotatable bonds is 38. The second kappa shape index (κ2) is 41.6. The average Bonchev–Trinajstić information content (AvgIpc) is 1.86. The van der Waals surface area contributed by atoms with Crippen LogP contribution in [0.1, 0.15) is 109 Å². The van der Waals surface area contributed by atoms with Crippen LogP contribution in [0.3, 0.4) is 0 Å². The summed E-state index contributed by atoms with van der Waals surface area (Å²) in [6.45, 7) is 9.03. The van der Waals surface area contributed by atoms with Crippen LogP contribution in [0.5, 0.6) is 0 Å². The number of aliphatic hydroxyl groups is 1. The van der Waals surface area contributed by atoms with Crippen LogP contribution in [0, 0.1) is 11.8 Å². The van der Waals surface area contributed by atoms with Gasteiger partial charge in [0, 0.05) is 71.0 Å². The van der Waals surface area contributed by atoms with E-state index >= 15 is 0 Å². The smallest absolute Gasteiger partial charge is 0.326 e. The first-order chi connectivity index (χ1) is 43.9. The fourth-order valence-corrected chi connectivity index (χ4v) is 11.5. The topological polar surface area (TPSA) is 404 Å². The van der Waals surface area contributed by atoms with Crippen LogP contribution < -0.4 is 43.4 Å². The number of aryl methyl sites for hydroxylation is 1. The Hall–Kier alpha value is -6.96. The standard InChI is InChI=1S/C63H101N13O15S/c1-5-43(4)56(60(87)67-47(16-9-11-25-64)57(84)68-48(17-10-12-26-65)61(88)76-27-13-18-51(76)59(86)69-50(62(89)90)37-45-14-7-6-8-15-45)71-58(85)49(36-42(2)3)70-63(92)66-46-22-19-44(20-23-46)21-24-52(91-41-77)75-34-32-73(39-54(80)81)30-28-72(38-53(78)79)29-31-74(33-35-75)40-55(82)83/h6-8,14-15,19-20,22-23,42-43,47-52,56,77H,5,9-13,16-18,21,24-41,64-65H2,1-4H3,(H,67,87)(H,68,84)(H,69,86)(H,71,85)(H,78,79)(H,80,81)(H,82,83)(H,89,90)(H2,66,70,92)/t43-,47-,48-,49-,50-,51-,52?,56-/m0/s1. The third-order valence-corrected chi connectivity index (χ3v) is 16.7. The summed E-state index contributed by atoms with van der Waals surface area (Å²) in [5.74, 6) is -7.75. The lowest BCUT2D eigenvalue weighted by molar-refractivity contribution is -0.145. The molecule has 8 atom stereocenters. The summed E-state index contributed by atoms with van der Waals surface area (Å²) in [6, 6.07) is 9.65. The molecule has 15 N–H and O–H groups in total. The van der Waals surface area contributed by atoms with Crippen molar-refractivity contribution >= 4 is 76.4 Å². The number of aliphatic carboxylic acids is 4. The number of nitrogens with zero attached hydrogens (tertiary/aromatic N) is 5. The molecule has 2 aromatic carbocycles. The van der Waals surface area contributed by atoms with E-state index in [2.05, 4.69) is 31.9 Å². The molecule has 4 rings (SSSR count). The van der Waals surface area contributed by atoms with Crippen molar-refractivity contribution in [3.63, 3.8) is 0 Å². The Bertz CT molecular complexity index is 2630. The molecule has 2 fully saturated rings. The minimum absolute atomic E-state index is 0.0111. The van der Waals surface area contributed by atoms with Crippen LogP contribution in [0.15, 0.2) is 54.6 Å². The number of aliphatic hydroxyl groups excluding tert-OH is 1. The Balaban J connectivity index is 1.45. The van der Waals surface area contributed by atoms with Gasteiger partial charge in [0.15, 0.2) is 5.11 Å². The number of carbonyl (C=O) groups excluding carboxylic acids is 5. The Kier molecular flexibility index (Phi) is 35.0. The fourth-order valence-electron chi connectivity index (χ4n) is 11.2. The molecule has 2 aliphatic heterocycles. The van der Waals surface area contributed by atoms with Crippen LogP contribution in [-0.2, 0) is 60.7 Å². The molecule has 2 aliphatic rings. The largest absolute Gasteiger partial charge is 0.480 e. The number of likely N-dealkylation sites (tertiary alicyclic amines) is 1. The van der Waals surface area contributed by atoms with E-state index in [1.54, 1.807) is 64.1 Å². The maximum atomic E-state index is 14.5. The molecule has 29 heteroatoms. The second-order valence-electron chi connectivity index (χ2n) is 24.2. The number of carboxylic acid groups (broad SMARTS) is 4. The average molecular weight is 1310 g/mol. The molecular weight excluding hydrogens is 1210 g/mol. The van der Waals surface area contributed by atoms with Gasteiger partial charge in [0.2, 0.25) is 29.5 Å². The third-order valence-electron chi connectivity index (χ3n) is 16.5. The predicted molar refractivity (Wildman–Crippen MR) is 349 cm³/mol. The highest BCUT2D eigenvalue weighted by Gasteiger charge is 2.40. The lowest BCUT2D eigenvalue weighted by Gasteiger charge is -2.36. The van der Waals surface area contributed by atoms with Gasteiger partial charge in [-0.05, 0) is 131 Å². The zero-order valence-electron chi connectivity index (χ0n) is 53.8. The lowest BCUT2D eigenvalue weighted by atomic mass is 9.96. The van der Waals surface area contributed by atoms with Gasteiger partial charge in [-0.2, -0.15) is 0 Å². The first-order valence-corrected chi connectivity index (χ1v) is 32.5. The molecule has 0 aliphatic carbocycles. The summed E-state index contributed by atoms with van der Waals surface area (Å²) >= 11 is 5.75. The number of hydrogen-bond acceptors (Lipinski definition) is 18. The van der Waals surface area contributed by atoms with E-state index in [-0.39, 0.29) is 102 Å². The molecule has 2 heterocycles. The zero-order chi connectivity index (χ0) is 67.7. The van der Waals surface area contributed by atoms with Crippen molar-refractivity contribution in [3.8, 4) is 0 Å². The number of anilines is 1. The highest BCUT2D eigenvalue weighted by atomic mass is 32.1. The van der Waals surface area contributed by atoms with Crippen molar-refractivity contribution < 1.29 is 73.4 Å². The molecule has 0 saturated carbocycles. The highest BCUT2D eigenvalue weighted by Crippen LogP contribution is 2.22. The monoisotopic (exact) mass is 1310 g/mol. The number of unbranched alkanes of at least 4 members (excludes halogenated alkanes) is 2. The normalized spacial score (nSPS) is 17.9. The molecule has 2 aromatic rings. The molecular formula is C63H101N13O15S. The molecule has 28 nitrogen and oxygen atoms in total. The summed E-state index contributed by atoms with van der Waals surface area (Å²) in [5.41, 5.74) is 13.9. The summed E-state index contributed by atoms with van der Waals surface area (Å²) in [5, 5.41) is 66.7. The Morgan fingerprint density at radius 1 is 0.609 bits per heavy atom. The number of nitrogens with two attached hydrogens (primary N) is 2. The van der Waals surface area contributed by atoms with E-state index in [1.165, 1.54) is 4.90 Å². The van der Waals surface area contributed by atoms with Gasteiger partial charge in [-0.15, -0.1) is 0 Å². The van der Waals surface area contributed by atoms with Gasteiger partial charge in [0.25, 0.3) is 0 Å². The first-order valence-electron chi connectivity index (χ1n) is 32.1. The quantitative estimate of drug-likeness (QED) is 0.0249. The Morgan fingerprint density at radius 2 is 1.14 bits per heavy atom.